The van der Waals surface area contributed by atoms with Crippen LogP contribution in [0.15, 0.2) is 138 Å². The van der Waals surface area contributed by atoms with Crippen LogP contribution in [0.2, 0.25) is 0 Å². The summed E-state index contributed by atoms with van der Waals surface area (Å²) < 4.78 is 25.5. The third kappa shape index (κ3) is 15.4. The summed E-state index contributed by atoms with van der Waals surface area (Å²) in [5.74, 6) is 5.76. The maximum atomic E-state index is 12.3. The van der Waals surface area contributed by atoms with Crippen molar-refractivity contribution in [3.05, 3.63) is 183 Å². The molecule has 8 atom stereocenters. The number of aldehydes is 2. The molecule has 0 bridgehead atoms. The number of hydrogen-bond donors (Lipinski definition) is 2. The number of aromatic carboxylic acids is 1. The van der Waals surface area contributed by atoms with Crippen molar-refractivity contribution in [3.8, 4) is 0 Å². The Balaban J connectivity index is 0.000000115. The Hall–Kier alpha value is -5.71. The van der Waals surface area contributed by atoms with Gasteiger partial charge in [0.25, 0.3) is 0 Å². The molecule has 8 fully saturated rings. The third-order valence-corrected chi connectivity index (χ3v) is 21.1. The second-order valence-corrected chi connectivity index (χ2v) is 27.9. The van der Waals surface area contributed by atoms with Crippen molar-refractivity contribution in [1.29, 1.82) is 0 Å². The molecule has 450 valence electrons. The number of esters is 1. The number of carbonyl (C=O) groups excluding carboxylic acids is 3. The molecular formula is C65H66Br5FN8O7. The minimum Gasteiger partial charge on any atom is -0.476 e. The van der Waals surface area contributed by atoms with Gasteiger partial charge in [-0.15, -0.1) is 0 Å². The molecule has 86 heavy (non-hydrogen) atoms. The largest absolute Gasteiger partial charge is 0.476 e. The smallest absolute Gasteiger partial charge is 0.358 e. The topological polar surface area (TPSA) is 167 Å². The predicted octanol–water partition coefficient (Wildman–Crippen LogP) is 13.7. The second-order valence-electron chi connectivity index (χ2n) is 23.6. The maximum absolute atomic E-state index is 12.3. The molecule has 2 N–H and O–H groups in total. The second kappa shape index (κ2) is 27.4. The number of carboxylic acids is 1. The number of piperidine rings is 4. The van der Waals surface area contributed by atoms with Gasteiger partial charge in [0.05, 0.1) is 25.9 Å². The molecule has 8 unspecified atom stereocenters. The molecule has 4 aliphatic heterocycles. The molecule has 6 heterocycles. The summed E-state index contributed by atoms with van der Waals surface area (Å²) in [5.41, 5.74) is 9.91. The van der Waals surface area contributed by atoms with E-state index in [1.165, 1.54) is 119 Å². The number of hydrogen-bond acceptors (Lipinski definition) is 12. The molecule has 15 nitrogen and oxygen atoms in total. The van der Waals surface area contributed by atoms with E-state index in [1.807, 2.05) is 22.8 Å². The molecule has 4 saturated heterocycles. The molecule has 7 aromatic rings. The van der Waals surface area contributed by atoms with Gasteiger partial charge in [0.15, 0.2) is 24.0 Å². The van der Waals surface area contributed by atoms with Crippen molar-refractivity contribution < 1.29 is 38.5 Å². The fraction of sp³-hybridized carbons (Fsp3) is 0.385. The first-order valence-electron chi connectivity index (χ1n) is 29.1. The number of benzene rings is 5. The third-order valence-electron chi connectivity index (χ3n) is 17.5. The van der Waals surface area contributed by atoms with E-state index in [0.29, 0.717) is 41.7 Å². The highest BCUT2D eigenvalue weighted by Gasteiger charge is 2.47. The molecule has 0 radical (unpaired) electrons. The van der Waals surface area contributed by atoms with E-state index in [4.69, 9.17) is 14.9 Å². The molecule has 15 rings (SSSR count). The molecule has 0 spiro atoms. The van der Waals surface area contributed by atoms with Gasteiger partial charge >= 0.3 is 11.9 Å². The highest BCUT2D eigenvalue weighted by atomic mass is 79.9. The predicted molar refractivity (Wildman–Crippen MR) is 348 cm³/mol. The highest BCUT2D eigenvalue weighted by molar-refractivity contribution is 9.11. The summed E-state index contributed by atoms with van der Waals surface area (Å²) in [6.07, 6.45) is 13.7. The molecule has 2 aromatic heterocycles. The summed E-state index contributed by atoms with van der Waals surface area (Å²) in [5, 5.41) is 18.0. The zero-order valence-electron chi connectivity index (χ0n) is 47.3. The van der Waals surface area contributed by atoms with Crippen LogP contribution in [0.3, 0.4) is 0 Å². The van der Waals surface area contributed by atoms with Crippen molar-refractivity contribution >= 4 is 127 Å². The number of nitrogens with zero attached hydrogens (tertiary/aromatic N) is 8. The van der Waals surface area contributed by atoms with Gasteiger partial charge in [0.1, 0.15) is 5.82 Å². The number of imidazole rings is 2. The number of fused-ring (bicyclic) bond motifs is 4. The Labute approximate surface area is 542 Å². The van der Waals surface area contributed by atoms with E-state index < -0.39 is 5.97 Å². The van der Waals surface area contributed by atoms with Crippen molar-refractivity contribution in [2.75, 3.05) is 78.6 Å². The summed E-state index contributed by atoms with van der Waals surface area (Å²) in [4.78, 5) is 61.2. The van der Waals surface area contributed by atoms with Gasteiger partial charge in [-0.05, 0) is 201 Å². The van der Waals surface area contributed by atoms with Gasteiger partial charge < -0.3 is 43.7 Å². The first-order valence-corrected chi connectivity index (χ1v) is 33.0. The molecular weight excluding hydrogens is 1420 g/mol. The van der Waals surface area contributed by atoms with Crippen molar-refractivity contribution in [2.45, 2.75) is 52.3 Å². The molecule has 21 heteroatoms. The van der Waals surface area contributed by atoms with Crippen molar-refractivity contribution in [2.24, 2.45) is 47.3 Å². The van der Waals surface area contributed by atoms with Crippen LogP contribution in [-0.4, -0.2) is 113 Å². The fourth-order valence-electron chi connectivity index (χ4n) is 12.1. The summed E-state index contributed by atoms with van der Waals surface area (Å²) in [7, 11) is 0. The Kier molecular flexibility index (Phi) is 19.7. The van der Waals surface area contributed by atoms with Gasteiger partial charge in [-0.25, -0.2) is 23.9 Å². The SMILES string of the molecule is CCOC(=O)c1cn(Cc2ccc(N3CC4CC4C3)cc2Br)cn1.O=C(O)c1cn(Cc2ccc(N3CC4CC4C3)cc2Br)cn1.O=Cc1ccc(F)cc1Br.O=Cc1ccc(N2CC3CC3C2)cc1Br.OCc1ccc(N2CC3CC3C2)cc1Br. The van der Waals surface area contributed by atoms with E-state index in [2.05, 4.69) is 164 Å². The van der Waals surface area contributed by atoms with E-state index >= 15 is 0 Å². The summed E-state index contributed by atoms with van der Waals surface area (Å²) >= 11 is 17.3. The van der Waals surface area contributed by atoms with Crippen LogP contribution in [0.1, 0.15) is 91.0 Å². The fourth-order valence-corrected chi connectivity index (χ4v) is 14.5. The zero-order chi connectivity index (χ0) is 60.3. The van der Waals surface area contributed by atoms with Crippen LogP contribution in [-0.2, 0) is 24.4 Å². The quantitative estimate of drug-likeness (QED) is 0.0781. The first kappa shape index (κ1) is 61.9. The van der Waals surface area contributed by atoms with Crippen LogP contribution < -0.4 is 19.6 Å². The van der Waals surface area contributed by atoms with Crippen LogP contribution in [0.5, 0.6) is 0 Å². The van der Waals surface area contributed by atoms with Crippen LogP contribution in [0.25, 0.3) is 0 Å². The lowest BCUT2D eigenvalue weighted by atomic mass is 10.2. The molecule has 5 aromatic carbocycles. The first-order chi connectivity index (χ1) is 41.5. The van der Waals surface area contributed by atoms with Crippen LogP contribution in [0.4, 0.5) is 27.1 Å². The van der Waals surface area contributed by atoms with Crippen molar-refractivity contribution in [3.63, 3.8) is 0 Å². The van der Waals surface area contributed by atoms with Crippen molar-refractivity contribution in [1.82, 2.24) is 19.1 Å². The van der Waals surface area contributed by atoms with Gasteiger partial charge in [-0.1, -0.05) is 66.0 Å². The number of anilines is 4. The lowest BCUT2D eigenvalue weighted by Gasteiger charge is -2.21. The van der Waals surface area contributed by atoms with Gasteiger partial charge in [-0.3, -0.25) is 9.59 Å². The van der Waals surface area contributed by atoms with Crippen LogP contribution in [0, 0.1) is 53.2 Å². The van der Waals surface area contributed by atoms with Gasteiger partial charge in [0, 0.05) is 134 Å². The van der Waals surface area contributed by atoms with E-state index in [0.717, 1.165) is 93.8 Å². The molecule has 4 saturated carbocycles. The Bertz CT molecular complexity index is 3600. The van der Waals surface area contributed by atoms with Gasteiger partial charge in [-0.2, -0.15) is 0 Å². The Morgan fingerprint density at radius 2 is 0.872 bits per heavy atom. The number of aliphatic hydroxyl groups is 1. The lowest BCUT2D eigenvalue weighted by molar-refractivity contribution is 0.0519. The number of rotatable bonds is 14. The summed E-state index contributed by atoms with van der Waals surface area (Å²) in [6.45, 7) is 13.1. The molecule has 8 aliphatic rings. The number of aromatic nitrogens is 4. The minimum atomic E-state index is -0.999. The number of carbonyl (C=O) groups is 4. The van der Waals surface area contributed by atoms with E-state index in [9.17, 15) is 23.6 Å². The average molecular weight is 1490 g/mol. The van der Waals surface area contributed by atoms with Gasteiger partial charge in [0.2, 0.25) is 0 Å². The van der Waals surface area contributed by atoms with E-state index in [-0.39, 0.29) is 24.1 Å². The Morgan fingerprint density at radius 3 is 1.21 bits per heavy atom. The van der Waals surface area contributed by atoms with E-state index in [1.54, 1.807) is 36.5 Å². The molecule has 0 amide bonds. The standard InChI is InChI=1S/C18H20BrN3O2.C16H16BrN3O2.C12H14BrNO.C12H12BrNO.C7H4BrFO/c1-2-24-18(23)17-10-21(11-20-17)7-12-3-4-15(6-16(12)19)22-8-13-5-14(13)9-22;17-14-4-13(20-6-11-3-12(11)7-20)2-1-10(14)5-19-8-15(16(21)22)18-9-19;2*13-12-4-11(2-1-8(12)7-15)14-5-9-3-10(9)6-14;8-7-3-6(9)2-1-5(7)4-10/h3-4,6,10-11,13-14H,2,5,7-9H2,1H3;1-2,4,8-9,11-12H,3,5-7H2,(H,21,22);1-2,4,9-10,15H,3,5-7H2;1-2,4,7,9-10H,3,5-6H2;1-4H. The minimum absolute atomic E-state index is 0.0732. The number of halogens is 6. The van der Waals surface area contributed by atoms with Crippen LogP contribution >= 0.6 is 79.6 Å². The maximum Gasteiger partial charge on any atom is 0.358 e. The number of carboxylic acid groups (broad SMARTS) is 1. The zero-order valence-corrected chi connectivity index (χ0v) is 55.3. The normalized spacial score (nSPS) is 22.7. The number of aliphatic hydroxyl groups excluding tert-OH is 1. The highest BCUT2D eigenvalue weighted by Crippen LogP contribution is 2.49. The number of ether oxygens (including phenoxy) is 1. The monoisotopic (exact) mass is 1480 g/mol. The average Bonchev–Trinajstić information content (AvgIpc) is 3.34. The summed E-state index contributed by atoms with van der Waals surface area (Å²) in [6, 6.07) is 29.1. The molecule has 4 aliphatic carbocycles. The Morgan fingerprint density at radius 1 is 0.523 bits per heavy atom. The lowest BCUT2D eigenvalue weighted by Crippen LogP contribution is -2.21.